The van der Waals surface area contributed by atoms with E-state index >= 15 is 0 Å². The van der Waals surface area contributed by atoms with Crippen LogP contribution < -0.4 is 11.4 Å². The molecule has 0 saturated heterocycles. The zero-order valence-electron chi connectivity index (χ0n) is 27.1. The molecule has 8 rings (SSSR count). The number of benzene rings is 6. The Morgan fingerprint density at radius 3 is 1.04 bits per heavy atom. The Bertz CT molecular complexity index is 2490. The third-order valence-electron chi connectivity index (χ3n) is 7.86. The fourth-order valence-electron chi connectivity index (χ4n) is 5.44. The summed E-state index contributed by atoms with van der Waals surface area (Å²) < 4.78 is 4.02. The molecule has 0 fully saturated rings. The van der Waals surface area contributed by atoms with E-state index < -0.39 is 0 Å². The summed E-state index contributed by atoms with van der Waals surface area (Å²) >= 11 is 3.42. The highest BCUT2D eigenvalue weighted by Crippen LogP contribution is 2.24. The van der Waals surface area contributed by atoms with Crippen LogP contribution in [0.25, 0.3) is 56.9 Å². The molecule has 9 heteroatoms. The number of rotatable bonds is 6. The molecule has 0 aliphatic heterocycles. The fraction of sp³-hybridized carbons (Fsp3) is 0. The number of halogens is 1. The van der Waals surface area contributed by atoms with Crippen molar-refractivity contribution in [3.63, 3.8) is 0 Å². The van der Waals surface area contributed by atoms with Gasteiger partial charge in [0.2, 0.25) is 0 Å². The molecule has 0 unspecified atom stereocenters. The van der Waals surface area contributed by atoms with Gasteiger partial charge in [-0.25, -0.2) is 28.7 Å². The number of nitrogens with zero attached hydrogens (tertiary/aromatic N) is 6. The SMILES string of the molecule is O=c1nc(-c2ccccc2)nc(-c2ccccc2)n1-c1ccc(Br)cc1.O=c1nc(-c2ccccc2)nc(-c2ccccc2)n1-c1ccccc1. The number of para-hydroxylation sites is 1. The third-order valence-corrected chi connectivity index (χ3v) is 8.39. The molecule has 2 aromatic heterocycles. The molecule has 8 aromatic rings. The van der Waals surface area contributed by atoms with E-state index in [1.807, 2.05) is 176 Å². The smallest absolute Gasteiger partial charge is 0.245 e. The average molecular weight is 730 g/mol. The molecule has 0 radical (unpaired) electrons. The maximum absolute atomic E-state index is 12.9. The largest absolute Gasteiger partial charge is 0.355 e. The summed E-state index contributed by atoms with van der Waals surface area (Å²) in [7, 11) is 0. The molecule has 2 heterocycles. The molecule has 0 atom stereocenters. The molecule has 0 amide bonds. The lowest BCUT2D eigenvalue weighted by atomic mass is 10.2. The van der Waals surface area contributed by atoms with Crippen molar-refractivity contribution in [2.24, 2.45) is 0 Å². The van der Waals surface area contributed by atoms with Crippen molar-refractivity contribution >= 4 is 15.9 Å². The van der Waals surface area contributed by atoms with Gasteiger partial charge in [0.1, 0.15) is 0 Å². The lowest BCUT2D eigenvalue weighted by molar-refractivity contribution is 0.876. The summed E-state index contributed by atoms with van der Waals surface area (Å²) in [4.78, 5) is 43.5. The second kappa shape index (κ2) is 15.3. The van der Waals surface area contributed by atoms with Crippen molar-refractivity contribution in [1.82, 2.24) is 29.1 Å². The topological polar surface area (TPSA) is 95.6 Å². The molecule has 0 N–H and O–H groups in total. The Balaban J connectivity index is 0.000000159. The van der Waals surface area contributed by atoms with E-state index in [2.05, 4.69) is 25.9 Å². The van der Waals surface area contributed by atoms with Crippen LogP contribution in [0.4, 0.5) is 0 Å². The van der Waals surface area contributed by atoms with Gasteiger partial charge in [0.15, 0.2) is 23.3 Å². The van der Waals surface area contributed by atoms with Gasteiger partial charge in [0.05, 0.1) is 11.4 Å². The van der Waals surface area contributed by atoms with E-state index in [1.165, 1.54) is 4.57 Å². The van der Waals surface area contributed by atoms with Gasteiger partial charge in [-0.15, -0.1) is 0 Å². The highest BCUT2D eigenvalue weighted by molar-refractivity contribution is 9.10. The Morgan fingerprint density at radius 1 is 0.353 bits per heavy atom. The van der Waals surface area contributed by atoms with Gasteiger partial charge in [0.25, 0.3) is 0 Å². The van der Waals surface area contributed by atoms with Crippen LogP contribution in [-0.4, -0.2) is 29.1 Å². The number of hydrogen-bond acceptors (Lipinski definition) is 6. The van der Waals surface area contributed by atoms with Gasteiger partial charge < -0.3 is 0 Å². The van der Waals surface area contributed by atoms with E-state index in [0.717, 1.165) is 38.1 Å². The van der Waals surface area contributed by atoms with Crippen LogP contribution in [0.2, 0.25) is 0 Å². The highest BCUT2D eigenvalue weighted by Gasteiger charge is 2.16. The van der Waals surface area contributed by atoms with Crippen molar-refractivity contribution in [1.29, 1.82) is 0 Å². The summed E-state index contributed by atoms with van der Waals surface area (Å²) in [5.41, 5.74) is 4.10. The van der Waals surface area contributed by atoms with E-state index in [0.29, 0.717) is 23.3 Å². The number of hydrogen-bond donors (Lipinski definition) is 0. The summed E-state index contributed by atoms with van der Waals surface area (Å²) in [6.45, 7) is 0. The summed E-state index contributed by atoms with van der Waals surface area (Å²) in [6.07, 6.45) is 0. The van der Waals surface area contributed by atoms with Crippen LogP contribution in [0.3, 0.4) is 0 Å². The fourth-order valence-corrected chi connectivity index (χ4v) is 5.70. The quantitative estimate of drug-likeness (QED) is 0.170. The predicted octanol–water partition coefficient (Wildman–Crippen LogP) is 8.69. The molecule has 0 bridgehead atoms. The second-order valence-corrected chi connectivity index (χ2v) is 12.2. The standard InChI is InChI=1S/C21H14BrN3O.C21H15N3O/c22-17-11-13-18(14-12-17)25-20(16-9-5-2-6-10-16)23-19(24-21(25)26)15-7-3-1-4-8-15;25-21-23-19(16-10-4-1-5-11-16)22-20(17-12-6-2-7-13-17)24(21)18-14-8-3-9-15-18/h1-14H;1-15H. The minimum atomic E-state index is -0.361. The van der Waals surface area contributed by atoms with Gasteiger partial charge in [-0.3, -0.25) is 0 Å². The Labute approximate surface area is 302 Å². The Morgan fingerprint density at radius 2 is 0.667 bits per heavy atom. The van der Waals surface area contributed by atoms with Crippen LogP contribution in [0.5, 0.6) is 0 Å². The zero-order valence-corrected chi connectivity index (χ0v) is 28.7. The van der Waals surface area contributed by atoms with Crippen LogP contribution in [0, 0.1) is 0 Å². The van der Waals surface area contributed by atoms with Crippen molar-refractivity contribution < 1.29 is 0 Å². The molecule has 246 valence electrons. The van der Waals surface area contributed by atoms with Gasteiger partial charge in [-0.05, 0) is 36.4 Å². The van der Waals surface area contributed by atoms with E-state index in [9.17, 15) is 9.59 Å². The molecular formula is C42H29BrN6O2. The monoisotopic (exact) mass is 728 g/mol. The Hall–Kier alpha value is -6.58. The van der Waals surface area contributed by atoms with E-state index in [-0.39, 0.29) is 11.4 Å². The molecule has 0 aliphatic rings. The predicted molar refractivity (Wildman–Crippen MR) is 205 cm³/mol. The minimum absolute atomic E-state index is 0.348. The molecular weight excluding hydrogens is 700 g/mol. The van der Waals surface area contributed by atoms with Gasteiger partial charge in [-0.1, -0.05) is 155 Å². The first-order valence-corrected chi connectivity index (χ1v) is 16.9. The number of aromatic nitrogens is 6. The lowest BCUT2D eigenvalue weighted by Gasteiger charge is -2.13. The second-order valence-electron chi connectivity index (χ2n) is 11.3. The maximum atomic E-state index is 12.9. The Kier molecular flexibility index (Phi) is 9.89. The molecule has 51 heavy (non-hydrogen) atoms. The maximum Gasteiger partial charge on any atom is 0.355 e. The van der Waals surface area contributed by atoms with Crippen LogP contribution in [0.15, 0.2) is 190 Å². The first-order valence-electron chi connectivity index (χ1n) is 16.1. The van der Waals surface area contributed by atoms with Gasteiger partial charge >= 0.3 is 11.4 Å². The molecule has 6 aromatic carbocycles. The molecule has 8 nitrogen and oxygen atoms in total. The first-order chi connectivity index (χ1) is 25.0. The van der Waals surface area contributed by atoms with Crippen molar-refractivity contribution in [2.75, 3.05) is 0 Å². The molecule has 0 aliphatic carbocycles. The zero-order chi connectivity index (χ0) is 35.0. The van der Waals surface area contributed by atoms with Crippen molar-refractivity contribution in [3.05, 3.63) is 201 Å². The van der Waals surface area contributed by atoms with Gasteiger partial charge in [0, 0.05) is 26.7 Å². The summed E-state index contributed by atoms with van der Waals surface area (Å²) in [5.74, 6) is 1.98. The lowest BCUT2D eigenvalue weighted by Crippen LogP contribution is -2.25. The average Bonchev–Trinajstić information content (AvgIpc) is 3.20. The van der Waals surface area contributed by atoms with Crippen LogP contribution in [0.1, 0.15) is 0 Å². The van der Waals surface area contributed by atoms with Crippen LogP contribution in [-0.2, 0) is 0 Å². The van der Waals surface area contributed by atoms with E-state index in [1.54, 1.807) is 4.57 Å². The normalized spacial score (nSPS) is 10.6. The molecule has 0 spiro atoms. The van der Waals surface area contributed by atoms with Crippen molar-refractivity contribution in [2.45, 2.75) is 0 Å². The summed E-state index contributed by atoms with van der Waals surface area (Å²) in [5, 5.41) is 0. The van der Waals surface area contributed by atoms with Crippen molar-refractivity contribution in [3.8, 4) is 56.9 Å². The van der Waals surface area contributed by atoms with Crippen LogP contribution >= 0.6 is 15.9 Å². The third kappa shape index (κ3) is 7.54. The minimum Gasteiger partial charge on any atom is -0.245 e. The highest BCUT2D eigenvalue weighted by atomic mass is 79.9. The van der Waals surface area contributed by atoms with E-state index in [4.69, 9.17) is 9.97 Å². The molecule has 0 saturated carbocycles. The van der Waals surface area contributed by atoms with Gasteiger partial charge in [-0.2, -0.15) is 9.97 Å². The summed E-state index contributed by atoms with van der Waals surface area (Å²) in [6, 6.07) is 55.3. The first kappa shape index (κ1) is 32.9.